The van der Waals surface area contributed by atoms with Gasteiger partial charge in [-0.3, -0.25) is 4.79 Å². The summed E-state index contributed by atoms with van der Waals surface area (Å²) in [6.45, 7) is 3.49. The number of pyridine rings is 1. The van der Waals surface area contributed by atoms with Crippen LogP contribution in [0, 0.1) is 19.8 Å². The molecule has 11 nitrogen and oxygen atoms in total. The van der Waals surface area contributed by atoms with Crippen LogP contribution in [-0.4, -0.2) is 62.0 Å². The Hall–Kier alpha value is -4.42. The topological polar surface area (TPSA) is 121 Å². The van der Waals surface area contributed by atoms with Crippen LogP contribution in [0.25, 0.3) is 17.3 Å². The second-order valence-electron chi connectivity index (χ2n) is 9.42. The van der Waals surface area contributed by atoms with Crippen molar-refractivity contribution in [3.63, 3.8) is 0 Å². The number of methoxy groups -OCH3 is 1. The van der Waals surface area contributed by atoms with Crippen molar-refractivity contribution in [1.29, 1.82) is 0 Å². The average Bonchev–Trinajstić information content (AvgIpc) is 3.57. The van der Waals surface area contributed by atoms with Crippen LogP contribution < -0.4 is 9.64 Å². The molecule has 1 aliphatic rings. The Bertz CT molecular complexity index is 1460. The van der Waals surface area contributed by atoms with Crippen molar-refractivity contribution in [2.75, 3.05) is 25.1 Å². The van der Waals surface area contributed by atoms with Crippen LogP contribution in [0.3, 0.4) is 0 Å². The van der Waals surface area contributed by atoms with Gasteiger partial charge in [0.05, 0.1) is 42.7 Å². The number of carbonyl (C=O) groups excluding carboxylic acids is 1. The third kappa shape index (κ3) is 5.86. The summed E-state index contributed by atoms with van der Waals surface area (Å²) in [7, 11) is 1.25. The Morgan fingerprint density at radius 1 is 1.23 bits per heavy atom. The van der Waals surface area contributed by atoms with Gasteiger partial charge in [-0.05, 0) is 38.0 Å². The van der Waals surface area contributed by atoms with Crippen molar-refractivity contribution in [2.24, 2.45) is 5.92 Å². The molecule has 0 radical (unpaired) electrons. The van der Waals surface area contributed by atoms with Gasteiger partial charge in [0.1, 0.15) is 18.6 Å². The smallest absolute Gasteiger partial charge is 0.305 e. The van der Waals surface area contributed by atoms with Gasteiger partial charge in [-0.1, -0.05) is 5.16 Å². The van der Waals surface area contributed by atoms with Crippen LogP contribution >= 0.6 is 0 Å². The molecule has 0 N–H and O–H groups in total. The van der Waals surface area contributed by atoms with E-state index in [-0.39, 0.29) is 19.4 Å². The van der Waals surface area contributed by atoms with E-state index in [9.17, 15) is 13.6 Å². The molecule has 0 aromatic carbocycles. The number of rotatable bonds is 8. The molecule has 4 aromatic rings. The van der Waals surface area contributed by atoms with E-state index in [4.69, 9.17) is 9.26 Å². The summed E-state index contributed by atoms with van der Waals surface area (Å²) in [4.78, 5) is 26.3. The second kappa shape index (κ2) is 10.8. The maximum atomic E-state index is 14.5. The Morgan fingerprint density at radius 2 is 2.08 bits per heavy atom. The van der Waals surface area contributed by atoms with Crippen molar-refractivity contribution in [1.82, 2.24) is 29.9 Å². The zero-order chi connectivity index (χ0) is 27.6. The molecule has 5 rings (SSSR count). The van der Waals surface area contributed by atoms with Crippen molar-refractivity contribution < 1.29 is 27.6 Å². The number of ether oxygens (including phenoxy) is 2. The van der Waals surface area contributed by atoms with Gasteiger partial charge >= 0.3 is 5.97 Å². The molecule has 0 saturated carbocycles. The first-order valence-electron chi connectivity index (χ1n) is 12.3. The van der Waals surface area contributed by atoms with E-state index >= 15 is 0 Å². The zero-order valence-electron chi connectivity index (χ0n) is 21.7. The fraction of sp³-hybridized carbons (Fsp3) is 0.385. The van der Waals surface area contributed by atoms with Crippen LogP contribution in [0.5, 0.6) is 5.88 Å². The maximum absolute atomic E-state index is 14.5. The van der Waals surface area contributed by atoms with Gasteiger partial charge in [-0.25, -0.2) is 28.4 Å². The van der Waals surface area contributed by atoms with Crippen molar-refractivity contribution in [3.05, 3.63) is 59.9 Å². The molecule has 1 fully saturated rings. The van der Waals surface area contributed by atoms with Gasteiger partial charge in [-0.2, -0.15) is 5.10 Å². The first kappa shape index (κ1) is 26.2. The molecule has 204 valence electrons. The van der Waals surface area contributed by atoms with E-state index in [1.165, 1.54) is 13.4 Å². The number of aryl methyl sites for hydroxylation is 2. The number of hydrogen-bond donors (Lipinski definition) is 0. The van der Waals surface area contributed by atoms with Crippen LogP contribution in [-0.2, 0) is 16.1 Å². The SMILES string of the molecule is COC(=O)C[C@@H]1CN(c2ccc(-c3onc(C)c3COc3cc(-n4cccn4)ncn3)nc2C)CC(F)(F)C1. The normalized spacial score (nSPS) is 16.7. The molecule has 1 atom stereocenters. The van der Waals surface area contributed by atoms with Gasteiger partial charge < -0.3 is 18.9 Å². The highest BCUT2D eigenvalue weighted by Gasteiger charge is 2.41. The minimum absolute atomic E-state index is 0.0659. The summed E-state index contributed by atoms with van der Waals surface area (Å²) in [5, 5.41) is 8.23. The van der Waals surface area contributed by atoms with Crippen LogP contribution in [0.4, 0.5) is 14.5 Å². The highest BCUT2D eigenvalue weighted by atomic mass is 19.3. The molecule has 13 heteroatoms. The largest absolute Gasteiger partial charge is 0.472 e. The maximum Gasteiger partial charge on any atom is 0.305 e. The van der Waals surface area contributed by atoms with E-state index in [0.29, 0.717) is 52.3 Å². The predicted octanol–water partition coefficient (Wildman–Crippen LogP) is 3.93. The molecule has 4 aromatic heterocycles. The number of piperidine rings is 1. The van der Waals surface area contributed by atoms with Crippen LogP contribution in [0.2, 0.25) is 0 Å². The molecule has 1 aliphatic heterocycles. The van der Waals surface area contributed by atoms with E-state index in [1.807, 2.05) is 0 Å². The van der Waals surface area contributed by atoms with E-state index in [0.717, 1.165) is 0 Å². The first-order valence-corrected chi connectivity index (χ1v) is 12.3. The number of anilines is 1. The highest BCUT2D eigenvalue weighted by Crippen LogP contribution is 2.36. The third-order valence-electron chi connectivity index (χ3n) is 6.52. The van der Waals surface area contributed by atoms with Crippen molar-refractivity contribution in [2.45, 2.75) is 39.2 Å². The Balaban J connectivity index is 1.34. The molecule has 0 unspecified atom stereocenters. The van der Waals surface area contributed by atoms with E-state index in [1.54, 1.807) is 60.1 Å². The lowest BCUT2D eigenvalue weighted by Crippen LogP contribution is -2.48. The molecule has 0 aliphatic carbocycles. The fourth-order valence-electron chi connectivity index (χ4n) is 4.71. The number of aromatic nitrogens is 6. The Kier molecular flexibility index (Phi) is 7.22. The monoisotopic (exact) mass is 539 g/mol. The molecule has 0 amide bonds. The first-order chi connectivity index (χ1) is 18.7. The second-order valence-corrected chi connectivity index (χ2v) is 9.42. The lowest BCUT2D eigenvalue weighted by molar-refractivity contribution is -0.142. The van der Waals surface area contributed by atoms with E-state index in [2.05, 4.69) is 29.9 Å². The molecule has 0 spiro atoms. The minimum Gasteiger partial charge on any atom is -0.472 e. The number of halogens is 2. The number of hydrogen-bond acceptors (Lipinski definition) is 10. The molecule has 1 saturated heterocycles. The van der Waals surface area contributed by atoms with Gasteiger partial charge in [0, 0.05) is 31.4 Å². The quantitative estimate of drug-likeness (QED) is 0.305. The molecule has 5 heterocycles. The molecular weight excluding hydrogens is 512 g/mol. The number of esters is 1. The average molecular weight is 540 g/mol. The third-order valence-corrected chi connectivity index (χ3v) is 6.52. The van der Waals surface area contributed by atoms with Gasteiger partial charge in [0.15, 0.2) is 11.6 Å². The summed E-state index contributed by atoms with van der Waals surface area (Å²) in [5.41, 5.74) is 2.90. The van der Waals surface area contributed by atoms with Crippen molar-refractivity contribution in [3.8, 4) is 23.2 Å². The van der Waals surface area contributed by atoms with Gasteiger partial charge in [0.25, 0.3) is 5.92 Å². The highest BCUT2D eigenvalue weighted by molar-refractivity contribution is 5.70. The molecular formula is C26H27F2N7O4. The molecule has 39 heavy (non-hydrogen) atoms. The lowest BCUT2D eigenvalue weighted by atomic mass is 9.91. The Labute approximate surface area is 222 Å². The van der Waals surface area contributed by atoms with E-state index < -0.39 is 24.4 Å². The standard InChI is InChI=1S/C26H27F2N7O4/c1-16-19(13-38-23-10-22(29-15-30-23)35-8-4-7-31-35)25(39-33-16)20-5-6-21(17(2)32-20)34-12-18(9-24(36)37-3)11-26(27,28)14-34/h4-8,10,15,18H,9,11-14H2,1-3H3/t18-/m0/s1. The van der Waals surface area contributed by atoms with Crippen LogP contribution in [0.1, 0.15) is 29.8 Å². The predicted molar refractivity (Wildman–Crippen MR) is 135 cm³/mol. The zero-order valence-corrected chi connectivity index (χ0v) is 21.7. The van der Waals surface area contributed by atoms with Crippen molar-refractivity contribution >= 4 is 11.7 Å². The van der Waals surface area contributed by atoms with Gasteiger partial charge in [0.2, 0.25) is 5.88 Å². The number of nitrogens with zero attached hydrogens (tertiary/aromatic N) is 7. The number of carbonyl (C=O) groups is 1. The minimum atomic E-state index is -2.94. The lowest BCUT2D eigenvalue weighted by Gasteiger charge is -2.39. The summed E-state index contributed by atoms with van der Waals surface area (Å²) < 4.78 is 46.8. The van der Waals surface area contributed by atoms with Gasteiger partial charge in [-0.15, -0.1) is 0 Å². The summed E-state index contributed by atoms with van der Waals surface area (Å²) in [5.74, 6) is -2.66. The molecule has 0 bridgehead atoms. The summed E-state index contributed by atoms with van der Waals surface area (Å²) in [6, 6.07) is 6.88. The number of alkyl halides is 2. The summed E-state index contributed by atoms with van der Waals surface area (Å²) >= 11 is 0. The fourth-order valence-corrected chi connectivity index (χ4v) is 4.71. The Morgan fingerprint density at radius 3 is 2.82 bits per heavy atom. The summed E-state index contributed by atoms with van der Waals surface area (Å²) in [6.07, 6.45) is 4.37. The van der Waals surface area contributed by atoms with Crippen LogP contribution in [0.15, 0.2) is 47.5 Å².